The first-order valence-electron chi connectivity index (χ1n) is 5.84. The van der Waals surface area contributed by atoms with Crippen LogP contribution in [0.15, 0.2) is 47.9 Å². The van der Waals surface area contributed by atoms with Gasteiger partial charge in [-0.15, -0.1) is 11.8 Å². The average Bonchev–Trinajstić information content (AvgIpc) is 2.99. The summed E-state index contributed by atoms with van der Waals surface area (Å²) in [4.78, 5) is 5.46. The van der Waals surface area contributed by atoms with Gasteiger partial charge in [-0.1, -0.05) is 18.2 Å². The minimum atomic E-state index is 0.500. The number of hydrogen-bond acceptors (Lipinski definition) is 3. The van der Waals surface area contributed by atoms with Crippen LogP contribution in [0.5, 0.6) is 0 Å². The lowest BCUT2D eigenvalue weighted by Gasteiger charge is -2.13. The van der Waals surface area contributed by atoms with Gasteiger partial charge in [-0.25, -0.2) is 4.98 Å². The van der Waals surface area contributed by atoms with Crippen LogP contribution in [0.2, 0.25) is 0 Å². The van der Waals surface area contributed by atoms with Gasteiger partial charge in [0.1, 0.15) is 0 Å². The molecule has 0 amide bonds. The third-order valence-corrected chi connectivity index (χ3v) is 4.20. The standard InChI is InChI=1S/C13H15N3S/c1-2-4-13-11(3-1)12(9-17-13)15-6-8-16-7-5-14-10-16/h1-5,7,10,12,15H,6,8-9H2. The molecule has 1 atom stereocenters. The van der Waals surface area contributed by atoms with Gasteiger partial charge in [0.05, 0.1) is 6.33 Å². The first-order valence-corrected chi connectivity index (χ1v) is 6.83. The number of benzene rings is 1. The summed E-state index contributed by atoms with van der Waals surface area (Å²) < 4.78 is 2.10. The number of hydrogen-bond donors (Lipinski definition) is 1. The van der Waals surface area contributed by atoms with Gasteiger partial charge in [0, 0.05) is 42.2 Å². The van der Waals surface area contributed by atoms with E-state index < -0.39 is 0 Å². The molecule has 0 spiro atoms. The van der Waals surface area contributed by atoms with Crippen molar-refractivity contribution in [1.82, 2.24) is 14.9 Å². The zero-order valence-corrected chi connectivity index (χ0v) is 10.4. The van der Waals surface area contributed by atoms with E-state index in [0.717, 1.165) is 18.8 Å². The molecule has 0 bridgehead atoms. The Morgan fingerprint density at radius 1 is 1.41 bits per heavy atom. The van der Waals surface area contributed by atoms with Gasteiger partial charge < -0.3 is 9.88 Å². The van der Waals surface area contributed by atoms with Crippen LogP contribution in [0, 0.1) is 0 Å². The van der Waals surface area contributed by atoms with Crippen molar-refractivity contribution < 1.29 is 0 Å². The molecule has 0 fully saturated rings. The van der Waals surface area contributed by atoms with Gasteiger partial charge in [0.25, 0.3) is 0 Å². The number of rotatable bonds is 4. The van der Waals surface area contributed by atoms with Crippen LogP contribution >= 0.6 is 11.8 Å². The van der Waals surface area contributed by atoms with Crippen molar-refractivity contribution in [3.05, 3.63) is 48.5 Å². The molecule has 1 aliphatic rings. The van der Waals surface area contributed by atoms with Crippen molar-refractivity contribution in [2.75, 3.05) is 12.3 Å². The highest BCUT2D eigenvalue weighted by atomic mass is 32.2. The second-order valence-electron chi connectivity index (χ2n) is 4.16. The Morgan fingerprint density at radius 3 is 3.24 bits per heavy atom. The lowest BCUT2D eigenvalue weighted by molar-refractivity contribution is 0.537. The summed E-state index contributed by atoms with van der Waals surface area (Å²) in [6, 6.07) is 9.16. The Bertz CT molecular complexity index is 481. The molecular formula is C13H15N3S. The van der Waals surface area contributed by atoms with E-state index in [1.165, 1.54) is 10.5 Å². The maximum Gasteiger partial charge on any atom is 0.0946 e. The highest BCUT2D eigenvalue weighted by molar-refractivity contribution is 7.99. The minimum absolute atomic E-state index is 0.500. The van der Waals surface area contributed by atoms with Crippen LogP contribution < -0.4 is 5.32 Å². The molecule has 17 heavy (non-hydrogen) atoms. The van der Waals surface area contributed by atoms with Crippen LogP contribution in [-0.2, 0) is 6.54 Å². The minimum Gasteiger partial charge on any atom is -0.336 e. The quantitative estimate of drug-likeness (QED) is 0.896. The molecule has 0 saturated heterocycles. The van der Waals surface area contributed by atoms with Gasteiger partial charge in [0.2, 0.25) is 0 Å². The Kier molecular flexibility index (Phi) is 3.16. The zero-order chi connectivity index (χ0) is 11.5. The molecule has 1 aliphatic heterocycles. The molecule has 0 radical (unpaired) electrons. The molecule has 1 unspecified atom stereocenters. The van der Waals surface area contributed by atoms with E-state index in [9.17, 15) is 0 Å². The number of nitrogens with zero attached hydrogens (tertiary/aromatic N) is 2. The van der Waals surface area contributed by atoms with Crippen molar-refractivity contribution in [1.29, 1.82) is 0 Å². The van der Waals surface area contributed by atoms with E-state index in [-0.39, 0.29) is 0 Å². The summed E-state index contributed by atoms with van der Waals surface area (Å²) in [5.41, 5.74) is 1.45. The number of nitrogens with one attached hydrogen (secondary N) is 1. The Labute approximate surface area is 105 Å². The lowest BCUT2D eigenvalue weighted by Crippen LogP contribution is -2.25. The summed E-state index contributed by atoms with van der Waals surface area (Å²) in [5, 5.41) is 3.61. The molecule has 2 heterocycles. The van der Waals surface area contributed by atoms with Crippen LogP contribution in [0.3, 0.4) is 0 Å². The fourth-order valence-electron chi connectivity index (χ4n) is 2.12. The zero-order valence-electron chi connectivity index (χ0n) is 9.54. The monoisotopic (exact) mass is 245 g/mol. The second-order valence-corrected chi connectivity index (χ2v) is 5.22. The summed E-state index contributed by atoms with van der Waals surface area (Å²) in [6.07, 6.45) is 5.68. The summed E-state index contributed by atoms with van der Waals surface area (Å²) in [5.74, 6) is 1.14. The van der Waals surface area contributed by atoms with Gasteiger partial charge in [-0.2, -0.15) is 0 Å². The molecule has 3 rings (SSSR count). The summed E-state index contributed by atoms with van der Waals surface area (Å²) in [7, 11) is 0. The van der Waals surface area contributed by atoms with Crippen molar-refractivity contribution in [3.8, 4) is 0 Å². The van der Waals surface area contributed by atoms with E-state index in [2.05, 4.69) is 39.1 Å². The molecular weight excluding hydrogens is 230 g/mol. The molecule has 3 nitrogen and oxygen atoms in total. The van der Waals surface area contributed by atoms with Crippen molar-refractivity contribution in [2.45, 2.75) is 17.5 Å². The van der Waals surface area contributed by atoms with Crippen LogP contribution in [0.4, 0.5) is 0 Å². The van der Waals surface area contributed by atoms with Crippen molar-refractivity contribution in [2.24, 2.45) is 0 Å². The predicted octanol–water partition coefficient (Wildman–Crippen LogP) is 2.32. The Balaban J connectivity index is 1.57. The van der Waals surface area contributed by atoms with E-state index >= 15 is 0 Å². The average molecular weight is 245 g/mol. The maximum absolute atomic E-state index is 4.04. The highest BCUT2D eigenvalue weighted by Gasteiger charge is 2.21. The maximum atomic E-state index is 4.04. The Morgan fingerprint density at radius 2 is 2.35 bits per heavy atom. The van der Waals surface area contributed by atoms with Crippen molar-refractivity contribution in [3.63, 3.8) is 0 Å². The lowest BCUT2D eigenvalue weighted by atomic mass is 10.1. The molecule has 0 saturated carbocycles. The second kappa shape index (κ2) is 4.94. The first kappa shape index (κ1) is 10.9. The van der Waals surface area contributed by atoms with Gasteiger partial charge >= 0.3 is 0 Å². The summed E-state index contributed by atoms with van der Waals surface area (Å²) in [6.45, 7) is 1.96. The molecule has 0 aliphatic carbocycles. The van der Waals surface area contributed by atoms with Crippen LogP contribution in [0.1, 0.15) is 11.6 Å². The number of imidazole rings is 1. The van der Waals surface area contributed by atoms with Gasteiger partial charge in [-0.3, -0.25) is 0 Å². The van der Waals surface area contributed by atoms with Crippen LogP contribution in [-0.4, -0.2) is 21.8 Å². The number of fused-ring (bicyclic) bond motifs is 1. The molecule has 88 valence electrons. The third kappa shape index (κ3) is 2.37. The number of aromatic nitrogens is 2. The first-order chi connectivity index (χ1) is 8.43. The highest BCUT2D eigenvalue weighted by Crippen LogP contribution is 2.37. The van der Waals surface area contributed by atoms with E-state index in [4.69, 9.17) is 0 Å². The fraction of sp³-hybridized carbons (Fsp3) is 0.308. The fourth-order valence-corrected chi connectivity index (χ4v) is 3.31. The molecule has 1 aromatic carbocycles. The van der Waals surface area contributed by atoms with Gasteiger partial charge in [-0.05, 0) is 11.6 Å². The topological polar surface area (TPSA) is 29.9 Å². The Hall–Kier alpha value is -1.26. The van der Waals surface area contributed by atoms with E-state index in [0.29, 0.717) is 6.04 Å². The molecule has 4 heteroatoms. The molecule has 1 aromatic heterocycles. The smallest absolute Gasteiger partial charge is 0.0946 e. The predicted molar refractivity (Wildman–Crippen MR) is 70.1 cm³/mol. The SMILES string of the molecule is c1ccc2c(c1)SCC2NCCn1ccnc1. The largest absolute Gasteiger partial charge is 0.336 e. The van der Waals surface area contributed by atoms with E-state index in [1.807, 2.05) is 30.5 Å². The van der Waals surface area contributed by atoms with Crippen LogP contribution in [0.25, 0.3) is 0 Å². The third-order valence-electron chi connectivity index (χ3n) is 3.02. The van der Waals surface area contributed by atoms with Gasteiger partial charge in [0.15, 0.2) is 0 Å². The summed E-state index contributed by atoms with van der Waals surface area (Å²) >= 11 is 1.94. The molecule has 1 N–H and O–H groups in total. The normalized spacial score (nSPS) is 18.2. The van der Waals surface area contributed by atoms with Crippen molar-refractivity contribution >= 4 is 11.8 Å². The molecule has 2 aromatic rings. The van der Waals surface area contributed by atoms with E-state index in [1.54, 1.807) is 0 Å². The number of thioether (sulfide) groups is 1.